The molecule has 0 aliphatic carbocycles. The molecule has 15 heavy (non-hydrogen) atoms. The topological polar surface area (TPSA) is 63.3 Å². The normalized spacial score (nSPS) is 11.0. The molecule has 1 aromatic heterocycles. The molecule has 0 saturated carbocycles. The van der Waals surface area contributed by atoms with Gasteiger partial charge >= 0.3 is 0 Å². The molecule has 0 unspecified atom stereocenters. The molecule has 1 N–H and O–H groups in total. The first kappa shape index (κ1) is 11.7. The Labute approximate surface area is 89.6 Å². The first-order valence-electron chi connectivity index (χ1n) is 4.86. The summed E-state index contributed by atoms with van der Waals surface area (Å²) < 4.78 is 0.700. The predicted octanol–water partition coefficient (Wildman–Crippen LogP) is 0.142. The quantitative estimate of drug-likeness (QED) is 0.570. The van der Waals surface area contributed by atoms with Crippen molar-refractivity contribution in [1.82, 2.24) is 9.88 Å². The number of aromatic nitrogens is 2. The Morgan fingerprint density at radius 2 is 2.00 bits per heavy atom. The van der Waals surface area contributed by atoms with Gasteiger partial charge in [0.2, 0.25) is 5.75 Å². The molecule has 0 aliphatic rings. The zero-order valence-electron chi connectivity index (χ0n) is 9.61. The van der Waals surface area contributed by atoms with Gasteiger partial charge in [-0.3, -0.25) is 0 Å². The molecular weight excluding hydrogens is 194 g/mol. The zero-order valence-corrected chi connectivity index (χ0v) is 9.61. The van der Waals surface area contributed by atoms with Crippen LogP contribution in [-0.2, 0) is 6.42 Å². The lowest BCUT2D eigenvalue weighted by Crippen LogP contribution is -2.38. The van der Waals surface area contributed by atoms with E-state index in [9.17, 15) is 10.3 Å². The number of likely N-dealkylation sites (N-methyl/N-ethyl adjacent to an activating group) is 1. The van der Waals surface area contributed by atoms with Crippen molar-refractivity contribution in [2.24, 2.45) is 0 Å². The maximum Gasteiger partial charge on any atom is 0.298 e. The van der Waals surface area contributed by atoms with Gasteiger partial charge in [-0.25, -0.2) is 4.73 Å². The highest BCUT2D eigenvalue weighted by atomic mass is 16.5. The minimum absolute atomic E-state index is 0.0115. The highest BCUT2D eigenvalue weighted by Crippen LogP contribution is 2.17. The summed E-state index contributed by atoms with van der Waals surface area (Å²) in [5.74, 6) is 0.386. The summed E-state index contributed by atoms with van der Waals surface area (Å²) in [6.45, 7) is 4.05. The van der Waals surface area contributed by atoms with Gasteiger partial charge in [0.05, 0.1) is 0 Å². The van der Waals surface area contributed by atoms with Crippen LogP contribution in [0.25, 0.3) is 0 Å². The molecule has 1 aromatic rings. The number of aromatic hydroxyl groups is 1. The highest BCUT2D eigenvalue weighted by Gasteiger charge is 2.17. The molecule has 0 fully saturated rings. The average molecular weight is 211 g/mol. The minimum Gasteiger partial charge on any atom is -0.710 e. The van der Waals surface area contributed by atoms with Crippen LogP contribution in [0, 0.1) is 19.1 Å². The predicted molar refractivity (Wildman–Crippen MR) is 56.6 cm³/mol. The van der Waals surface area contributed by atoms with Crippen LogP contribution in [-0.4, -0.2) is 35.6 Å². The summed E-state index contributed by atoms with van der Waals surface area (Å²) in [6, 6.07) is 0. The van der Waals surface area contributed by atoms with Crippen molar-refractivity contribution in [3.05, 3.63) is 22.4 Å². The van der Waals surface area contributed by atoms with Crippen molar-refractivity contribution in [1.29, 1.82) is 0 Å². The lowest BCUT2D eigenvalue weighted by molar-refractivity contribution is -0.624. The van der Waals surface area contributed by atoms with E-state index in [1.54, 1.807) is 13.8 Å². The van der Waals surface area contributed by atoms with Gasteiger partial charge in [-0.2, -0.15) is 0 Å². The van der Waals surface area contributed by atoms with Crippen LogP contribution >= 0.6 is 0 Å². The molecule has 0 aliphatic heterocycles. The van der Waals surface area contributed by atoms with Crippen LogP contribution in [0.15, 0.2) is 0 Å². The number of rotatable bonds is 3. The van der Waals surface area contributed by atoms with E-state index in [1.807, 2.05) is 19.0 Å². The van der Waals surface area contributed by atoms with Crippen LogP contribution in [0.5, 0.6) is 5.75 Å². The van der Waals surface area contributed by atoms with Crippen molar-refractivity contribution in [2.75, 3.05) is 20.6 Å². The monoisotopic (exact) mass is 211 g/mol. The summed E-state index contributed by atoms with van der Waals surface area (Å²) in [5, 5.41) is 21.3. The Morgan fingerprint density at radius 3 is 2.53 bits per heavy atom. The molecular formula is C10H17N3O2. The van der Waals surface area contributed by atoms with E-state index in [0.29, 0.717) is 28.4 Å². The van der Waals surface area contributed by atoms with E-state index in [-0.39, 0.29) is 5.75 Å². The molecule has 1 heterocycles. The van der Waals surface area contributed by atoms with E-state index in [4.69, 9.17) is 0 Å². The van der Waals surface area contributed by atoms with Crippen molar-refractivity contribution in [2.45, 2.75) is 20.3 Å². The number of hydrogen-bond acceptors (Lipinski definition) is 4. The van der Waals surface area contributed by atoms with E-state index < -0.39 is 0 Å². The van der Waals surface area contributed by atoms with Gasteiger partial charge < -0.3 is 15.2 Å². The van der Waals surface area contributed by atoms with Crippen LogP contribution in [0.1, 0.15) is 17.2 Å². The average Bonchev–Trinajstić information content (AvgIpc) is 2.14. The molecule has 0 aromatic carbocycles. The zero-order chi connectivity index (χ0) is 11.6. The summed E-state index contributed by atoms with van der Waals surface area (Å²) >= 11 is 0. The van der Waals surface area contributed by atoms with Crippen molar-refractivity contribution in [3.8, 4) is 5.75 Å². The van der Waals surface area contributed by atoms with E-state index in [1.165, 1.54) is 0 Å². The van der Waals surface area contributed by atoms with Gasteiger partial charge in [0.1, 0.15) is 0 Å². The van der Waals surface area contributed by atoms with Gasteiger partial charge in [0.25, 0.3) is 5.82 Å². The Hall–Kier alpha value is -1.36. The number of nitrogens with zero attached hydrogens (tertiary/aromatic N) is 3. The van der Waals surface area contributed by atoms with Crippen LogP contribution < -0.4 is 4.73 Å². The molecule has 5 nitrogen and oxygen atoms in total. The summed E-state index contributed by atoms with van der Waals surface area (Å²) in [5.41, 5.74) is 0.905. The summed E-state index contributed by atoms with van der Waals surface area (Å²) in [7, 11) is 3.85. The smallest absolute Gasteiger partial charge is 0.298 e. The standard InChI is InChI=1S/C10H17N3O2/c1-7-10(14)9(5-6-12(3)4)13(15)8(2)11-7/h14H,5-6H2,1-4H3. The van der Waals surface area contributed by atoms with E-state index in [0.717, 1.165) is 6.54 Å². The van der Waals surface area contributed by atoms with Gasteiger partial charge in [-0.15, -0.1) is 0 Å². The second kappa shape index (κ2) is 4.44. The van der Waals surface area contributed by atoms with E-state index in [2.05, 4.69) is 4.98 Å². The molecule has 1 rings (SSSR count). The van der Waals surface area contributed by atoms with Gasteiger partial charge in [-0.05, 0) is 19.1 Å². The Morgan fingerprint density at radius 1 is 1.40 bits per heavy atom. The first-order chi connectivity index (χ1) is 6.93. The SMILES string of the molecule is Cc1nc(C)[n+]([O-])c(CCN(C)C)c1O. The maximum atomic E-state index is 11.6. The molecule has 0 radical (unpaired) electrons. The van der Waals surface area contributed by atoms with Crippen molar-refractivity contribution < 1.29 is 9.84 Å². The van der Waals surface area contributed by atoms with Crippen LogP contribution in [0.3, 0.4) is 0 Å². The molecule has 0 atom stereocenters. The molecule has 84 valence electrons. The molecule has 5 heteroatoms. The molecule has 0 amide bonds. The van der Waals surface area contributed by atoms with Crippen molar-refractivity contribution >= 4 is 0 Å². The fraction of sp³-hybridized carbons (Fsp3) is 0.600. The third-order valence-electron chi connectivity index (χ3n) is 2.28. The van der Waals surface area contributed by atoms with Gasteiger partial charge in [-0.1, -0.05) is 0 Å². The number of aryl methyl sites for hydroxylation is 2. The number of hydrogen-bond donors (Lipinski definition) is 1. The Balaban J connectivity index is 3.04. The second-order valence-corrected chi connectivity index (χ2v) is 3.89. The lowest BCUT2D eigenvalue weighted by Gasteiger charge is -2.14. The van der Waals surface area contributed by atoms with E-state index >= 15 is 0 Å². The minimum atomic E-state index is 0.0115. The Bertz CT molecular complexity index is 338. The fourth-order valence-corrected chi connectivity index (χ4v) is 1.39. The van der Waals surface area contributed by atoms with Crippen molar-refractivity contribution in [3.63, 3.8) is 0 Å². The summed E-state index contributed by atoms with van der Waals surface area (Å²) in [4.78, 5) is 5.91. The first-order valence-corrected chi connectivity index (χ1v) is 4.86. The largest absolute Gasteiger partial charge is 0.710 e. The summed E-state index contributed by atoms with van der Waals surface area (Å²) in [6.07, 6.45) is 0.520. The van der Waals surface area contributed by atoms with Crippen LogP contribution in [0.2, 0.25) is 0 Å². The highest BCUT2D eigenvalue weighted by molar-refractivity contribution is 5.27. The van der Waals surface area contributed by atoms with Gasteiger partial charge in [0.15, 0.2) is 11.4 Å². The molecule has 0 saturated heterocycles. The van der Waals surface area contributed by atoms with Crippen LogP contribution in [0.4, 0.5) is 0 Å². The maximum absolute atomic E-state index is 11.6. The van der Waals surface area contributed by atoms with Gasteiger partial charge in [0, 0.05) is 26.8 Å². The lowest BCUT2D eigenvalue weighted by atomic mass is 10.2. The third-order valence-corrected chi connectivity index (χ3v) is 2.28. The molecule has 0 bridgehead atoms. The fourth-order valence-electron chi connectivity index (χ4n) is 1.39. The third kappa shape index (κ3) is 2.56. The second-order valence-electron chi connectivity index (χ2n) is 3.89. The Kier molecular flexibility index (Phi) is 3.47. The molecule has 0 spiro atoms.